The standard InChI is InChI=1S/C19H19N3O4/c1-12-8-16(25-2)17(26-3)9-14(12)21-18(23)11-22-15-7-5-4-6-13(15)20-10-19(22)24/h4-10H,11H2,1-3H3,(H,21,23). The first-order chi connectivity index (χ1) is 12.5. The van der Waals surface area contributed by atoms with Crippen molar-refractivity contribution < 1.29 is 14.3 Å². The second-order valence-electron chi connectivity index (χ2n) is 5.74. The van der Waals surface area contributed by atoms with Crippen LogP contribution in [0.5, 0.6) is 11.5 Å². The number of amides is 1. The monoisotopic (exact) mass is 353 g/mol. The third kappa shape index (κ3) is 3.37. The number of hydrogen-bond donors (Lipinski definition) is 1. The number of anilines is 1. The summed E-state index contributed by atoms with van der Waals surface area (Å²) in [6, 6.07) is 10.7. The Hall–Kier alpha value is -3.35. The van der Waals surface area contributed by atoms with Gasteiger partial charge in [-0.1, -0.05) is 12.1 Å². The highest BCUT2D eigenvalue weighted by atomic mass is 16.5. The van der Waals surface area contributed by atoms with E-state index in [1.807, 2.05) is 13.0 Å². The first-order valence-corrected chi connectivity index (χ1v) is 8.00. The summed E-state index contributed by atoms with van der Waals surface area (Å²) in [5.41, 5.74) is 2.35. The summed E-state index contributed by atoms with van der Waals surface area (Å²) >= 11 is 0. The Morgan fingerprint density at radius 1 is 1.15 bits per heavy atom. The zero-order valence-electron chi connectivity index (χ0n) is 14.8. The fraction of sp³-hybridized carbons (Fsp3) is 0.211. The van der Waals surface area contributed by atoms with Gasteiger partial charge in [0, 0.05) is 11.8 Å². The van der Waals surface area contributed by atoms with Gasteiger partial charge in [0.2, 0.25) is 5.91 Å². The molecular formula is C19H19N3O4. The van der Waals surface area contributed by atoms with Gasteiger partial charge in [-0.3, -0.25) is 14.2 Å². The van der Waals surface area contributed by atoms with E-state index in [2.05, 4.69) is 10.3 Å². The molecule has 1 aromatic heterocycles. The molecule has 7 nitrogen and oxygen atoms in total. The normalized spacial score (nSPS) is 10.6. The first-order valence-electron chi connectivity index (χ1n) is 8.00. The lowest BCUT2D eigenvalue weighted by molar-refractivity contribution is -0.116. The lowest BCUT2D eigenvalue weighted by atomic mass is 10.1. The van der Waals surface area contributed by atoms with Crippen LogP contribution in [0.2, 0.25) is 0 Å². The first kappa shape index (κ1) is 17.5. The number of rotatable bonds is 5. The van der Waals surface area contributed by atoms with Gasteiger partial charge in [-0.25, -0.2) is 4.98 Å². The maximum Gasteiger partial charge on any atom is 0.269 e. The van der Waals surface area contributed by atoms with Crippen molar-refractivity contribution >= 4 is 22.6 Å². The van der Waals surface area contributed by atoms with E-state index in [0.29, 0.717) is 28.2 Å². The zero-order valence-corrected chi connectivity index (χ0v) is 14.8. The number of aryl methyl sites for hydroxylation is 1. The number of fused-ring (bicyclic) bond motifs is 1. The van der Waals surface area contributed by atoms with Crippen LogP contribution in [-0.2, 0) is 11.3 Å². The van der Waals surface area contributed by atoms with Gasteiger partial charge in [-0.2, -0.15) is 0 Å². The highest BCUT2D eigenvalue weighted by Gasteiger charge is 2.13. The quantitative estimate of drug-likeness (QED) is 0.761. The number of benzene rings is 2. The number of carbonyl (C=O) groups is 1. The van der Waals surface area contributed by atoms with Crippen LogP contribution >= 0.6 is 0 Å². The van der Waals surface area contributed by atoms with Crippen molar-refractivity contribution in [3.05, 3.63) is 58.5 Å². The van der Waals surface area contributed by atoms with Gasteiger partial charge in [-0.15, -0.1) is 0 Å². The van der Waals surface area contributed by atoms with Crippen LogP contribution in [0.25, 0.3) is 11.0 Å². The second-order valence-corrected chi connectivity index (χ2v) is 5.74. The fourth-order valence-corrected chi connectivity index (χ4v) is 2.73. The van der Waals surface area contributed by atoms with E-state index >= 15 is 0 Å². The van der Waals surface area contributed by atoms with Crippen LogP contribution in [0, 0.1) is 6.92 Å². The fourth-order valence-electron chi connectivity index (χ4n) is 2.73. The van der Waals surface area contributed by atoms with Crippen molar-refractivity contribution in [2.45, 2.75) is 13.5 Å². The highest BCUT2D eigenvalue weighted by molar-refractivity contribution is 5.92. The van der Waals surface area contributed by atoms with E-state index in [1.165, 1.54) is 17.9 Å². The molecule has 2 aromatic carbocycles. The molecule has 0 saturated carbocycles. The smallest absolute Gasteiger partial charge is 0.269 e. The predicted octanol–water partition coefficient (Wildman–Crippen LogP) is 2.36. The van der Waals surface area contributed by atoms with Crippen LogP contribution in [-0.4, -0.2) is 29.7 Å². The van der Waals surface area contributed by atoms with Gasteiger partial charge in [0.1, 0.15) is 6.54 Å². The molecule has 1 amide bonds. The minimum atomic E-state index is -0.331. The molecule has 0 saturated heterocycles. The second kappa shape index (κ2) is 7.26. The Morgan fingerprint density at radius 2 is 1.85 bits per heavy atom. The Kier molecular flexibility index (Phi) is 4.88. The molecule has 3 rings (SSSR count). The molecular weight excluding hydrogens is 334 g/mol. The third-order valence-corrected chi connectivity index (χ3v) is 4.06. The average Bonchev–Trinajstić information content (AvgIpc) is 2.65. The van der Waals surface area contributed by atoms with Gasteiger partial charge in [0.15, 0.2) is 11.5 Å². The van der Waals surface area contributed by atoms with Gasteiger partial charge in [-0.05, 0) is 30.7 Å². The van der Waals surface area contributed by atoms with E-state index in [9.17, 15) is 9.59 Å². The van der Waals surface area contributed by atoms with E-state index in [0.717, 1.165) is 5.56 Å². The summed E-state index contributed by atoms with van der Waals surface area (Å²) in [6.07, 6.45) is 1.22. The van der Waals surface area contributed by atoms with E-state index in [4.69, 9.17) is 9.47 Å². The number of para-hydroxylation sites is 2. The lowest BCUT2D eigenvalue weighted by Gasteiger charge is -2.14. The lowest BCUT2D eigenvalue weighted by Crippen LogP contribution is -2.28. The number of ether oxygens (including phenoxy) is 2. The molecule has 0 aliphatic carbocycles. The minimum Gasteiger partial charge on any atom is -0.493 e. The molecule has 0 fully saturated rings. The summed E-state index contributed by atoms with van der Waals surface area (Å²) in [7, 11) is 3.08. The number of nitrogens with zero attached hydrogens (tertiary/aromatic N) is 2. The Balaban J connectivity index is 1.89. The Bertz CT molecular complexity index is 1030. The summed E-state index contributed by atoms with van der Waals surface area (Å²) in [4.78, 5) is 28.8. The van der Waals surface area contributed by atoms with Gasteiger partial charge < -0.3 is 14.8 Å². The molecule has 26 heavy (non-hydrogen) atoms. The molecule has 3 aromatic rings. The molecule has 0 aliphatic heterocycles. The van der Waals surface area contributed by atoms with Crippen molar-refractivity contribution in [1.82, 2.24) is 9.55 Å². The van der Waals surface area contributed by atoms with Crippen molar-refractivity contribution in [2.75, 3.05) is 19.5 Å². The van der Waals surface area contributed by atoms with Crippen molar-refractivity contribution in [3.8, 4) is 11.5 Å². The molecule has 0 bridgehead atoms. The number of carbonyl (C=O) groups excluding carboxylic acids is 1. The molecule has 0 aliphatic rings. The Morgan fingerprint density at radius 3 is 2.58 bits per heavy atom. The number of hydrogen-bond acceptors (Lipinski definition) is 5. The molecule has 7 heteroatoms. The largest absolute Gasteiger partial charge is 0.493 e. The van der Waals surface area contributed by atoms with Crippen molar-refractivity contribution in [3.63, 3.8) is 0 Å². The molecule has 134 valence electrons. The maximum absolute atomic E-state index is 12.5. The third-order valence-electron chi connectivity index (χ3n) is 4.06. The molecule has 0 radical (unpaired) electrons. The van der Waals surface area contributed by atoms with Crippen molar-refractivity contribution in [1.29, 1.82) is 0 Å². The van der Waals surface area contributed by atoms with E-state index < -0.39 is 0 Å². The van der Waals surface area contributed by atoms with Crippen LogP contribution in [0.1, 0.15) is 5.56 Å². The summed E-state index contributed by atoms with van der Waals surface area (Å²) in [5.74, 6) is 0.776. The summed E-state index contributed by atoms with van der Waals surface area (Å²) in [5, 5.41) is 2.82. The van der Waals surface area contributed by atoms with E-state index in [-0.39, 0.29) is 18.0 Å². The number of aromatic nitrogens is 2. The number of nitrogens with one attached hydrogen (secondary N) is 1. The topological polar surface area (TPSA) is 82.5 Å². The SMILES string of the molecule is COc1cc(C)c(NC(=O)Cn2c(=O)cnc3ccccc32)cc1OC. The molecule has 1 heterocycles. The number of methoxy groups -OCH3 is 2. The van der Waals surface area contributed by atoms with Crippen LogP contribution < -0.4 is 20.3 Å². The van der Waals surface area contributed by atoms with E-state index in [1.54, 1.807) is 37.4 Å². The van der Waals surface area contributed by atoms with Gasteiger partial charge in [0.05, 0.1) is 31.4 Å². The Labute approximate surface area is 150 Å². The molecule has 0 unspecified atom stereocenters. The average molecular weight is 353 g/mol. The van der Waals surface area contributed by atoms with Gasteiger partial charge >= 0.3 is 0 Å². The minimum absolute atomic E-state index is 0.115. The van der Waals surface area contributed by atoms with Crippen LogP contribution in [0.15, 0.2) is 47.4 Å². The van der Waals surface area contributed by atoms with Crippen LogP contribution in [0.4, 0.5) is 5.69 Å². The summed E-state index contributed by atoms with van der Waals surface area (Å²) < 4.78 is 11.9. The maximum atomic E-state index is 12.5. The van der Waals surface area contributed by atoms with Crippen LogP contribution in [0.3, 0.4) is 0 Å². The van der Waals surface area contributed by atoms with Crippen molar-refractivity contribution in [2.24, 2.45) is 0 Å². The molecule has 0 spiro atoms. The summed E-state index contributed by atoms with van der Waals surface area (Å²) in [6.45, 7) is 1.74. The zero-order chi connectivity index (χ0) is 18.7. The van der Waals surface area contributed by atoms with Gasteiger partial charge in [0.25, 0.3) is 5.56 Å². The predicted molar refractivity (Wildman–Crippen MR) is 98.9 cm³/mol. The highest BCUT2D eigenvalue weighted by Crippen LogP contribution is 2.32. The molecule has 0 atom stereocenters. The molecule has 1 N–H and O–H groups in total.